The standard InChI is InChI=1S/C17H20N4O3/c1-11(16(18)22)19-17(23)15-8-14(24-20-15)10-21-7-6-12-4-2-3-5-13(12)9-21/h2-5,8,11H,6-7,9-10H2,1H3,(H2,18,22)(H,19,23)/t11-/m0/s1. The number of carbonyl (C=O) groups is 2. The predicted octanol–water partition coefficient (Wildman–Crippen LogP) is 0.837. The molecule has 1 aliphatic rings. The first-order chi connectivity index (χ1) is 11.5. The van der Waals surface area contributed by atoms with Gasteiger partial charge >= 0.3 is 0 Å². The van der Waals surface area contributed by atoms with E-state index < -0.39 is 17.9 Å². The van der Waals surface area contributed by atoms with Crippen molar-refractivity contribution in [3.05, 3.63) is 52.9 Å². The van der Waals surface area contributed by atoms with Gasteiger partial charge in [-0.2, -0.15) is 0 Å². The number of nitrogens with one attached hydrogen (secondary N) is 1. The number of fused-ring (bicyclic) bond motifs is 1. The molecule has 3 rings (SSSR count). The van der Waals surface area contributed by atoms with Gasteiger partial charge in [-0.05, 0) is 24.5 Å². The van der Waals surface area contributed by atoms with E-state index in [0.29, 0.717) is 12.3 Å². The van der Waals surface area contributed by atoms with E-state index in [2.05, 4.69) is 33.6 Å². The third-order valence-corrected chi connectivity index (χ3v) is 4.16. The fourth-order valence-electron chi connectivity index (χ4n) is 2.75. The molecule has 3 N–H and O–H groups in total. The molecule has 0 bridgehead atoms. The van der Waals surface area contributed by atoms with Crippen LogP contribution in [-0.4, -0.2) is 34.5 Å². The molecule has 0 fully saturated rings. The van der Waals surface area contributed by atoms with Crippen LogP contribution in [-0.2, 0) is 24.3 Å². The minimum atomic E-state index is -0.753. The van der Waals surface area contributed by atoms with E-state index in [1.54, 1.807) is 6.07 Å². The Balaban J connectivity index is 1.61. The number of carbonyl (C=O) groups excluding carboxylic acids is 2. The molecule has 1 aromatic carbocycles. The Morgan fingerprint density at radius 3 is 2.88 bits per heavy atom. The van der Waals surface area contributed by atoms with Crippen molar-refractivity contribution in [1.82, 2.24) is 15.4 Å². The highest BCUT2D eigenvalue weighted by molar-refractivity contribution is 5.95. The van der Waals surface area contributed by atoms with Gasteiger partial charge in [0.1, 0.15) is 6.04 Å². The Morgan fingerprint density at radius 1 is 1.38 bits per heavy atom. The molecule has 2 heterocycles. The first kappa shape index (κ1) is 16.2. The van der Waals surface area contributed by atoms with Gasteiger partial charge in [-0.3, -0.25) is 14.5 Å². The fraction of sp³-hybridized carbons (Fsp3) is 0.353. The summed E-state index contributed by atoms with van der Waals surface area (Å²) in [6.07, 6.45) is 0.994. The van der Waals surface area contributed by atoms with E-state index in [1.807, 2.05) is 6.07 Å². The van der Waals surface area contributed by atoms with Crippen LogP contribution >= 0.6 is 0 Å². The van der Waals surface area contributed by atoms with Crippen LogP contribution < -0.4 is 11.1 Å². The highest BCUT2D eigenvalue weighted by Crippen LogP contribution is 2.20. The number of aromatic nitrogens is 1. The summed E-state index contributed by atoms with van der Waals surface area (Å²) in [4.78, 5) is 25.2. The van der Waals surface area contributed by atoms with Gasteiger partial charge in [0.2, 0.25) is 5.91 Å². The summed E-state index contributed by atoms with van der Waals surface area (Å²) in [7, 11) is 0. The molecule has 1 aliphatic heterocycles. The van der Waals surface area contributed by atoms with E-state index >= 15 is 0 Å². The lowest BCUT2D eigenvalue weighted by molar-refractivity contribution is -0.119. The summed E-state index contributed by atoms with van der Waals surface area (Å²) in [6, 6.07) is 9.23. The minimum Gasteiger partial charge on any atom is -0.368 e. The Kier molecular flexibility index (Phi) is 4.61. The van der Waals surface area contributed by atoms with E-state index in [-0.39, 0.29) is 5.69 Å². The molecule has 0 spiro atoms. The highest BCUT2D eigenvalue weighted by Gasteiger charge is 2.20. The van der Waals surface area contributed by atoms with Gasteiger partial charge < -0.3 is 15.6 Å². The minimum absolute atomic E-state index is 0.149. The zero-order chi connectivity index (χ0) is 17.1. The number of nitrogens with two attached hydrogens (primary N) is 1. The molecular formula is C17H20N4O3. The van der Waals surface area contributed by atoms with Gasteiger partial charge in [-0.15, -0.1) is 0 Å². The van der Waals surface area contributed by atoms with Crippen molar-refractivity contribution in [2.45, 2.75) is 32.5 Å². The average Bonchev–Trinajstić information content (AvgIpc) is 3.03. The first-order valence-corrected chi connectivity index (χ1v) is 7.88. The zero-order valence-electron chi connectivity index (χ0n) is 13.5. The average molecular weight is 328 g/mol. The number of hydrogen-bond acceptors (Lipinski definition) is 5. The summed E-state index contributed by atoms with van der Waals surface area (Å²) in [5.41, 5.74) is 7.97. The maximum Gasteiger partial charge on any atom is 0.274 e. The molecule has 0 saturated carbocycles. The normalized spacial score (nSPS) is 15.5. The molecule has 7 nitrogen and oxygen atoms in total. The first-order valence-electron chi connectivity index (χ1n) is 7.88. The van der Waals surface area contributed by atoms with E-state index in [4.69, 9.17) is 10.3 Å². The van der Waals surface area contributed by atoms with Crippen molar-refractivity contribution in [3.63, 3.8) is 0 Å². The molecule has 126 valence electrons. The van der Waals surface area contributed by atoms with Crippen molar-refractivity contribution < 1.29 is 14.1 Å². The van der Waals surface area contributed by atoms with Gasteiger partial charge in [-0.1, -0.05) is 29.4 Å². The number of rotatable bonds is 5. The van der Waals surface area contributed by atoms with Gasteiger partial charge in [0.25, 0.3) is 5.91 Å². The Bertz CT molecular complexity index is 756. The second-order valence-corrected chi connectivity index (χ2v) is 6.01. The van der Waals surface area contributed by atoms with Gasteiger partial charge in [0.05, 0.1) is 6.54 Å². The molecule has 0 aliphatic carbocycles. The van der Waals surface area contributed by atoms with Crippen molar-refractivity contribution >= 4 is 11.8 Å². The molecule has 2 amide bonds. The predicted molar refractivity (Wildman–Crippen MR) is 86.9 cm³/mol. The van der Waals surface area contributed by atoms with Crippen molar-refractivity contribution in [2.24, 2.45) is 5.73 Å². The molecule has 7 heteroatoms. The molecular weight excluding hydrogens is 308 g/mol. The molecule has 0 radical (unpaired) electrons. The quantitative estimate of drug-likeness (QED) is 0.847. The van der Waals surface area contributed by atoms with Crippen molar-refractivity contribution in [1.29, 1.82) is 0 Å². The van der Waals surface area contributed by atoms with Crippen LogP contribution in [0.25, 0.3) is 0 Å². The third-order valence-electron chi connectivity index (χ3n) is 4.16. The maximum atomic E-state index is 12.0. The van der Waals surface area contributed by atoms with Gasteiger partial charge in [0, 0.05) is 19.2 Å². The zero-order valence-corrected chi connectivity index (χ0v) is 13.5. The van der Waals surface area contributed by atoms with Crippen LogP contribution in [0.2, 0.25) is 0 Å². The fourth-order valence-corrected chi connectivity index (χ4v) is 2.75. The van der Waals surface area contributed by atoms with Crippen LogP contribution in [0.5, 0.6) is 0 Å². The molecule has 24 heavy (non-hydrogen) atoms. The maximum absolute atomic E-state index is 12.0. The van der Waals surface area contributed by atoms with E-state index in [0.717, 1.165) is 19.5 Å². The highest BCUT2D eigenvalue weighted by atomic mass is 16.5. The van der Waals surface area contributed by atoms with E-state index in [9.17, 15) is 9.59 Å². The number of hydrogen-bond donors (Lipinski definition) is 2. The number of primary amides is 1. The largest absolute Gasteiger partial charge is 0.368 e. The topological polar surface area (TPSA) is 101 Å². The summed E-state index contributed by atoms with van der Waals surface area (Å²) in [5, 5.41) is 6.25. The lowest BCUT2D eigenvalue weighted by Gasteiger charge is -2.27. The Hall–Kier alpha value is -2.67. The van der Waals surface area contributed by atoms with Crippen LogP contribution in [0.4, 0.5) is 0 Å². The lowest BCUT2D eigenvalue weighted by atomic mass is 10.00. The number of nitrogens with zero attached hydrogens (tertiary/aromatic N) is 2. The van der Waals surface area contributed by atoms with Crippen molar-refractivity contribution in [2.75, 3.05) is 6.54 Å². The number of benzene rings is 1. The van der Waals surface area contributed by atoms with Gasteiger partial charge in [-0.25, -0.2) is 0 Å². The van der Waals surface area contributed by atoms with Crippen LogP contribution in [0, 0.1) is 0 Å². The van der Waals surface area contributed by atoms with Crippen molar-refractivity contribution in [3.8, 4) is 0 Å². The number of amides is 2. The van der Waals surface area contributed by atoms with E-state index in [1.165, 1.54) is 18.1 Å². The second-order valence-electron chi connectivity index (χ2n) is 6.01. The van der Waals surface area contributed by atoms with Crippen LogP contribution in [0.15, 0.2) is 34.9 Å². The molecule has 1 atom stereocenters. The summed E-state index contributed by atoms with van der Waals surface area (Å²) in [5.74, 6) is -0.453. The molecule has 0 saturated heterocycles. The SMILES string of the molecule is C[C@H](NC(=O)c1cc(CN2CCc3ccccc3C2)on1)C(N)=O. The third kappa shape index (κ3) is 3.62. The monoisotopic (exact) mass is 328 g/mol. The molecule has 1 aromatic heterocycles. The smallest absolute Gasteiger partial charge is 0.274 e. The Morgan fingerprint density at radius 2 is 2.12 bits per heavy atom. The molecule has 2 aromatic rings. The van der Waals surface area contributed by atoms with Crippen LogP contribution in [0.1, 0.15) is 34.3 Å². The molecule has 0 unspecified atom stereocenters. The van der Waals surface area contributed by atoms with Crippen LogP contribution in [0.3, 0.4) is 0 Å². The summed E-state index contributed by atoms with van der Waals surface area (Å²) in [6.45, 7) is 3.88. The second kappa shape index (κ2) is 6.84. The summed E-state index contributed by atoms with van der Waals surface area (Å²) >= 11 is 0. The van der Waals surface area contributed by atoms with Gasteiger partial charge in [0.15, 0.2) is 11.5 Å². The summed E-state index contributed by atoms with van der Waals surface area (Å²) < 4.78 is 5.25. The Labute approximate surface area is 139 Å². The lowest BCUT2D eigenvalue weighted by Crippen LogP contribution is -2.42.